The molecule has 0 heterocycles. The van der Waals surface area contributed by atoms with Crippen molar-refractivity contribution in [2.45, 2.75) is 57.8 Å². The number of ketones is 1. The van der Waals surface area contributed by atoms with Crippen LogP contribution in [0.25, 0.3) is 0 Å². The minimum atomic E-state index is 0.454. The third-order valence-corrected chi connectivity index (χ3v) is 4.90. The maximum Gasteiger partial charge on any atom is 0.139 e. The molecule has 3 fully saturated rings. The second-order valence-corrected chi connectivity index (χ2v) is 6.02. The van der Waals surface area contributed by atoms with Crippen LogP contribution < -0.4 is 0 Å². The third kappa shape index (κ3) is 1.98. The zero-order valence-corrected chi connectivity index (χ0v) is 9.58. The lowest BCUT2D eigenvalue weighted by Gasteiger charge is -2.18. The van der Waals surface area contributed by atoms with E-state index in [1.807, 2.05) is 0 Å². The first-order chi connectivity index (χ1) is 7.34. The second kappa shape index (κ2) is 3.92. The average Bonchev–Trinajstić information content (AvgIpc) is 2.95. The lowest BCUT2D eigenvalue weighted by Crippen LogP contribution is -2.22. The molecule has 0 N–H and O–H groups in total. The molecule has 3 rings (SSSR count). The lowest BCUT2D eigenvalue weighted by atomic mass is 9.85. The van der Waals surface area contributed by atoms with E-state index in [0.29, 0.717) is 17.6 Å². The summed E-state index contributed by atoms with van der Waals surface area (Å²) in [6, 6.07) is 0. The SMILES string of the molecule is O=C(C1CCCCCC1)C1CC2CC2C1. The van der Waals surface area contributed by atoms with Crippen molar-refractivity contribution in [3.63, 3.8) is 0 Å². The Morgan fingerprint density at radius 2 is 1.33 bits per heavy atom. The van der Waals surface area contributed by atoms with Gasteiger partial charge in [-0.25, -0.2) is 0 Å². The molecular formula is C14H22O. The van der Waals surface area contributed by atoms with E-state index in [1.165, 1.54) is 57.8 Å². The van der Waals surface area contributed by atoms with Crippen molar-refractivity contribution < 1.29 is 4.79 Å². The standard InChI is InChI=1S/C14H22O/c15-14(10-5-3-1-2-4-6-10)13-8-11-7-12(11)9-13/h10-13H,1-9H2. The van der Waals surface area contributed by atoms with Gasteiger partial charge in [0, 0.05) is 11.8 Å². The molecule has 15 heavy (non-hydrogen) atoms. The van der Waals surface area contributed by atoms with E-state index >= 15 is 0 Å². The first kappa shape index (κ1) is 9.86. The van der Waals surface area contributed by atoms with Gasteiger partial charge in [0.1, 0.15) is 5.78 Å². The Hall–Kier alpha value is -0.330. The number of carbonyl (C=O) groups is 1. The van der Waals surface area contributed by atoms with Crippen LogP contribution in [0.4, 0.5) is 0 Å². The molecule has 3 aliphatic rings. The van der Waals surface area contributed by atoms with Gasteiger partial charge in [-0.05, 0) is 43.9 Å². The molecule has 0 bridgehead atoms. The van der Waals surface area contributed by atoms with Crippen molar-refractivity contribution >= 4 is 5.78 Å². The molecule has 1 nitrogen and oxygen atoms in total. The van der Waals surface area contributed by atoms with Crippen LogP contribution in [0.1, 0.15) is 57.8 Å². The van der Waals surface area contributed by atoms with E-state index in [9.17, 15) is 4.79 Å². The molecule has 2 atom stereocenters. The quantitative estimate of drug-likeness (QED) is 0.631. The predicted octanol–water partition coefficient (Wildman–Crippen LogP) is 3.57. The van der Waals surface area contributed by atoms with Gasteiger partial charge in [-0.3, -0.25) is 4.79 Å². The van der Waals surface area contributed by atoms with Crippen LogP contribution in [0, 0.1) is 23.7 Å². The van der Waals surface area contributed by atoms with Gasteiger partial charge < -0.3 is 0 Å². The van der Waals surface area contributed by atoms with E-state index in [2.05, 4.69) is 0 Å². The highest BCUT2D eigenvalue weighted by Crippen LogP contribution is 2.55. The highest BCUT2D eigenvalue weighted by molar-refractivity contribution is 5.84. The maximum atomic E-state index is 12.3. The number of fused-ring (bicyclic) bond motifs is 1. The first-order valence-corrected chi connectivity index (χ1v) is 6.88. The van der Waals surface area contributed by atoms with Crippen LogP contribution in [-0.4, -0.2) is 5.78 Å². The average molecular weight is 206 g/mol. The maximum absolute atomic E-state index is 12.3. The van der Waals surface area contributed by atoms with Gasteiger partial charge in [0.05, 0.1) is 0 Å². The second-order valence-electron chi connectivity index (χ2n) is 6.02. The summed E-state index contributed by atoms with van der Waals surface area (Å²) >= 11 is 0. The summed E-state index contributed by atoms with van der Waals surface area (Å²) in [5.74, 6) is 3.52. The third-order valence-electron chi connectivity index (χ3n) is 4.90. The van der Waals surface area contributed by atoms with Gasteiger partial charge in [-0.2, -0.15) is 0 Å². The van der Waals surface area contributed by atoms with Crippen molar-refractivity contribution in [3.05, 3.63) is 0 Å². The molecule has 0 amide bonds. The Balaban J connectivity index is 1.58. The summed E-state index contributed by atoms with van der Waals surface area (Å²) in [6.07, 6.45) is 11.7. The van der Waals surface area contributed by atoms with E-state index in [0.717, 1.165) is 11.8 Å². The fourth-order valence-electron chi connectivity index (χ4n) is 3.84. The van der Waals surface area contributed by atoms with E-state index in [-0.39, 0.29) is 0 Å². The zero-order valence-electron chi connectivity index (χ0n) is 9.58. The molecule has 0 aromatic rings. The van der Waals surface area contributed by atoms with Gasteiger partial charge in [-0.15, -0.1) is 0 Å². The number of Topliss-reactive ketones (excluding diaryl/α,β-unsaturated/α-hetero) is 1. The van der Waals surface area contributed by atoms with Crippen molar-refractivity contribution in [2.24, 2.45) is 23.7 Å². The molecule has 2 unspecified atom stereocenters. The zero-order chi connectivity index (χ0) is 10.3. The van der Waals surface area contributed by atoms with Crippen LogP contribution in [-0.2, 0) is 4.79 Å². The van der Waals surface area contributed by atoms with Crippen LogP contribution in [0.15, 0.2) is 0 Å². The smallest absolute Gasteiger partial charge is 0.139 e. The number of rotatable bonds is 2. The van der Waals surface area contributed by atoms with Gasteiger partial charge in [0.2, 0.25) is 0 Å². The van der Waals surface area contributed by atoms with Crippen molar-refractivity contribution in [2.75, 3.05) is 0 Å². The number of hydrogen-bond acceptors (Lipinski definition) is 1. The Morgan fingerprint density at radius 1 is 0.733 bits per heavy atom. The molecule has 1 heteroatoms. The van der Waals surface area contributed by atoms with Crippen LogP contribution >= 0.6 is 0 Å². The van der Waals surface area contributed by atoms with Crippen LogP contribution in [0.3, 0.4) is 0 Å². The van der Waals surface area contributed by atoms with Crippen molar-refractivity contribution in [1.82, 2.24) is 0 Å². The Labute approximate surface area is 92.6 Å². The molecule has 3 aliphatic carbocycles. The molecule has 3 saturated carbocycles. The first-order valence-electron chi connectivity index (χ1n) is 6.88. The molecular weight excluding hydrogens is 184 g/mol. The van der Waals surface area contributed by atoms with E-state index < -0.39 is 0 Å². The van der Waals surface area contributed by atoms with Gasteiger partial charge >= 0.3 is 0 Å². The molecule has 0 radical (unpaired) electrons. The highest BCUT2D eigenvalue weighted by Gasteiger charge is 2.48. The molecule has 84 valence electrons. The number of carbonyl (C=O) groups excluding carboxylic acids is 1. The Morgan fingerprint density at radius 3 is 1.93 bits per heavy atom. The Kier molecular flexibility index (Phi) is 2.58. The Bertz CT molecular complexity index is 240. The van der Waals surface area contributed by atoms with Gasteiger partial charge in [0.25, 0.3) is 0 Å². The topological polar surface area (TPSA) is 17.1 Å². The minimum Gasteiger partial charge on any atom is -0.299 e. The summed E-state index contributed by atoms with van der Waals surface area (Å²) in [5, 5.41) is 0. The van der Waals surface area contributed by atoms with Crippen molar-refractivity contribution in [3.8, 4) is 0 Å². The van der Waals surface area contributed by atoms with E-state index in [1.54, 1.807) is 0 Å². The molecule has 0 spiro atoms. The monoisotopic (exact) mass is 206 g/mol. The molecule has 0 aromatic carbocycles. The minimum absolute atomic E-state index is 0.454. The van der Waals surface area contributed by atoms with Gasteiger partial charge in [0.15, 0.2) is 0 Å². The normalized spacial score (nSPS) is 40.9. The van der Waals surface area contributed by atoms with Crippen LogP contribution in [0.2, 0.25) is 0 Å². The van der Waals surface area contributed by atoms with Crippen LogP contribution in [0.5, 0.6) is 0 Å². The molecule has 0 aliphatic heterocycles. The van der Waals surface area contributed by atoms with E-state index in [4.69, 9.17) is 0 Å². The summed E-state index contributed by atoms with van der Waals surface area (Å²) < 4.78 is 0. The lowest BCUT2D eigenvalue weighted by molar-refractivity contribution is -0.127. The fraction of sp³-hybridized carbons (Fsp3) is 0.929. The summed E-state index contributed by atoms with van der Waals surface area (Å²) in [5.41, 5.74) is 0. The summed E-state index contributed by atoms with van der Waals surface area (Å²) in [7, 11) is 0. The summed E-state index contributed by atoms with van der Waals surface area (Å²) in [6.45, 7) is 0. The molecule has 0 saturated heterocycles. The van der Waals surface area contributed by atoms with Gasteiger partial charge in [-0.1, -0.05) is 25.7 Å². The fourth-order valence-corrected chi connectivity index (χ4v) is 3.84. The number of hydrogen-bond donors (Lipinski definition) is 0. The highest BCUT2D eigenvalue weighted by atomic mass is 16.1. The summed E-state index contributed by atoms with van der Waals surface area (Å²) in [4.78, 5) is 12.3. The van der Waals surface area contributed by atoms with Crippen molar-refractivity contribution in [1.29, 1.82) is 0 Å². The molecule has 0 aromatic heterocycles. The largest absolute Gasteiger partial charge is 0.299 e. The predicted molar refractivity (Wildman–Crippen MR) is 60.5 cm³/mol.